The maximum Gasteiger partial charge on any atom is 0.330 e. The zero-order valence-electron chi connectivity index (χ0n) is 17.5. The molecule has 0 aliphatic heterocycles. The van der Waals surface area contributed by atoms with Crippen molar-refractivity contribution in [2.24, 2.45) is 0 Å². The largest absolute Gasteiger partial charge is 0.478 e. The number of fused-ring (bicyclic) bond motifs is 3. The summed E-state index contributed by atoms with van der Waals surface area (Å²) in [6.07, 6.45) is 0. The van der Waals surface area contributed by atoms with Gasteiger partial charge in [-0.05, 0) is 45.9 Å². The maximum atomic E-state index is 9.60. The van der Waals surface area contributed by atoms with E-state index in [2.05, 4.69) is 110 Å². The lowest BCUT2D eigenvalue weighted by atomic mass is 9.85. The summed E-state index contributed by atoms with van der Waals surface area (Å²) < 4.78 is 0. The molecule has 0 amide bonds. The molecule has 1 aliphatic carbocycles. The van der Waals surface area contributed by atoms with Gasteiger partial charge in [-0.2, -0.15) is 0 Å². The third-order valence-electron chi connectivity index (χ3n) is 5.54. The van der Waals surface area contributed by atoms with Crippen LogP contribution in [0.3, 0.4) is 0 Å². The Morgan fingerprint density at radius 1 is 0.710 bits per heavy atom. The molecule has 4 aromatic carbocycles. The highest BCUT2D eigenvalue weighted by atomic mass is 16.4. The van der Waals surface area contributed by atoms with Crippen LogP contribution in [0.5, 0.6) is 0 Å². The van der Waals surface area contributed by atoms with Gasteiger partial charge in [0, 0.05) is 11.5 Å². The van der Waals surface area contributed by atoms with Crippen molar-refractivity contribution >= 4 is 5.97 Å². The summed E-state index contributed by atoms with van der Waals surface area (Å²) in [5, 5.41) is 7.89. The number of aliphatic carboxylic acids is 1. The van der Waals surface area contributed by atoms with Crippen LogP contribution in [0.4, 0.5) is 0 Å². The molecule has 0 saturated carbocycles. The van der Waals surface area contributed by atoms with Gasteiger partial charge in [0.2, 0.25) is 0 Å². The van der Waals surface area contributed by atoms with Crippen molar-refractivity contribution in [3.63, 3.8) is 0 Å². The third kappa shape index (κ3) is 4.06. The highest BCUT2D eigenvalue weighted by Gasteiger charge is 2.31. The Morgan fingerprint density at radius 2 is 1.23 bits per heavy atom. The monoisotopic (exact) mass is 404 g/mol. The lowest BCUT2D eigenvalue weighted by molar-refractivity contribution is -0.132. The van der Waals surface area contributed by atoms with Crippen LogP contribution in [0.25, 0.3) is 22.3 Å². The fourth-order valence-electron chi connectivity index (χ4n) is 4.12. The second-order valence-corrected chi connectivity index (χ2v) is 7.65. The first-order chi connectivity index (χ1) is 15.1. The summed E-state index contributed by atoms with van der Waals surface area (Å²) in [6.45, 7) is 4.60. The second kappa shape index (κ2) is 8.85. The average Bonchev–Trinajstić information content (AvgIpc) is 3.15. The molecule has 0 bridgehead atoms. The predicted molar refractivity (Wildman–Crippen MR) is 127 cm³/mol. The van der Waals surface area contributed by atoms with E-state index in [0.717, 1.165) is 0 Å². The molecule has 0 radical (unpaired) electrons. The molecule has 1 unspecified atom stereocenters. The van der Waals surface area contributed by atoms with Crippen molar-refractivity contribution in [1.82, 2.24) is 0 Å². The first-order valence-electron chi connectivity index (χ1n) is 10.3. The molecule has 0 spiro atoms. The van der Waals surface area contributed by atoms with E-state index >= 15 is 0 Å². The van der Waals surface area contributed by atoms with Crippen LogP contribution >= 0.6 is 0 Å². The van der Waals surface area contributed by atoms with Gasteiger partial charge in [0.1, 0.15) is 0 Å². The maximum absolute atomic E-state index is 9.60. The van der Waals surface area contributed by atoms with E-state index in [4.69, 9.17) is 5.11 Å². The highest BCUT2D eigenvalue weighted by Crippen LogP contribution is 2.51. The Morgan fingerprint density at radius 3 is 1.87 bits per heavy atom. The zero-order chi connectivity index (χ0) is 21.8. The van der Waals surface area contributed by atoms with E-state index in [1.165, 1.54) is 45.9 Å². The van der Waals surface area contributed by atoms with Crippen molar-refractivity contribution in [3.05, 3.63) is 132 Å². The molecular weight excluding hydrogens is 380 g/mol. The fraction of sp³-hybridized carbons (Fsp3) is 0.0690. The molecular formula is C29H24O2. The summed E-state index contributed by atoms with van der Waals surface area (Å²) in [5.41, 5.74) is 9.73. The summed E-state index contributed by atoms with van der Waals surface area (Å²) in [6, 6.07) is 37.2. The molecule has 1 aliphatic rings. The third-order valence-corrected chi connectivity index (χ3v) is 5.54. The zero-order valence-corrected chi connectivity index (χ0v) is 17.5. The molecule has 152 valence electrons. The van der Waals surface area contributed by atoms with Crippen LogP contribution in [0.1, 0.15) is 29.5 Å². The van der Waals surface area contributed by atoms with Gasteiger partial charge in [-0.1, -0.05) is 110 Å². The van der Waals surface area contributed by atoms with Crippen LogP contribution in [0.15, 0.2) is 115 Å². The van der Waals surface area contributed by atoms with E-state index < -0.39 is 5.97 Å². The minimum absolute atomic E-state index is 0.176. The van der Waals surface area contributed by atoms with E-state index in [9.17, 15) is 4.79 Å². The number of carboxylic acid groups (broad SMARTS) is 1. The second-order valence-electron chi connectivity index (χ2n) is 7.65. The average molecular weight is 405 g/mol. The van der Waals surface area contributed by atoms with E-state index in [1.807, 2.05) is 0 Å². The van der Waals surface area contributed by atoms with Crippen molar-refractivity contribution in [1.29, 1.82) is 0 Å². The van der Waals surface area contributed by atoms with Gasteiger partial charge in [-0.15, -0.1) is 0 Å². The minimum atomic E-state index is -0.935. The van der Waals surface area contributed by atoms with Crippen molar-refractivity contribution in [3.8, 4) is 22.3 Å². The molecule has 1 atom stereocenters. The number of hydrogen-bond donors (Lipinski definition) is 1. The summed E-state index contributed by atoms with van der Waals surface area (Å²) >= 11 is 0. The van der Waals surface area contributed by atoms with Gasteiger partial charge in [0.05, 0.1) is 0 Å². The van der Waals surface area contributed by atoms with E-state index in [0.29, 0.717) is 5.92 Å². The Bertz CT molecular complexity index is 1210. The summed E-state index contributed by atoms with van der Waals surface area (Å²) in [5.74, 6) is -0.640. The van der Waals surface area contributed by atoms with Crippen LogP contribution in [0.2, 0.25) is 0 Å². The van der Waals surface area contributed by atoms with Crippen molar-refractivity contribution in [2.45, 2.75) is 12.8 Å². The Labute approximate surface area is 183 Å². The number of carboxylic acids is 1. The molecule has 0 fully saturated rings. The molecule has 0 aromatic heterocycles. The topological polar surface area (TPSA) is 37.3 Å². The molecule has 5 rings (SSSR count). The molecule has 0 heterocycles. The number of benzene rings is 4. The summed E-state index contributed by atoms with van der Waals surface area (Å²) in [7, 11) is 0. The van der Waals surface area contributed by atoms with Gasteiger partial charge in [-0.3, -0.25) is 0 Å². The van der Waals surface area contributed by atoms with Crippen LogP contribution in [-0.4, -0.2) is 11.1 Å². The number of carbonyl (C=O) groups is 1. The standard InChI is InChI=1S/C25H18.C4H6O2/c1-3-10-18(11-4-1)20-16-9-17-23-21-14-7-8-15-22(21)24(25(20)23)19-12-5-2-6-13-19;1-3(2)4(5)6/h1-17,24H;1H2,2H3,(H,5,6). The van der Waals surface area contributed by atoms with E-state index in [1.54, 1.807) is 0 Å². The Kier molecular flexibility index (Phi) is 5.81. The molecule has 2 heteroatoms. The van der Waals surface area contributed by atoms with Crippen LogP contribution in [0, 0.1) is 0 Å². The SMILES string of the molecule is C=C(C)C(=O)O.c1ccc(-c2cccc3c2C(c2ccccc2)c2ccccc2-3)cc1. The smallest absolute Gasteiger partial charge is 0.330 e. The quantitative estimate of drug-likeness (QED) is 0.324. The summed E-state index contributed by atoms with van der Waals surface area (Å²) in [4.78, 5) is 9.60. The highest BCUT2D eigenvalue weighted by molar-refractivity contribution is 5.88. The first-order valence-corrected chi connectivity index (χ1v) is 10.3. The van der Waals surface area contributed by atoms with Gasteiger partial charge >= 0.3 is 5.97 Å². The van der Waals surface area contributed by atoms with Crippen LogP contribution in [-0.2, 0) is 4.79 Å². The Hall–Kier alpha value is -3.91. The lowest BCUT2D eigenvalue weighted by Crippen LogP contribution is -2.01. The van der Waals surface area contributed by atoms with Gasteiger partial charge < -0.3 is 5.11 Å². The van der Waals surface area contributed by atoms with Gasteiger partial charge in [0.25, 0.3) is 0 Å². The van der Waals surface area contributed by atoms with Gasteiger partial charge in [-0.25, -0.2) is 4.79 Å². The number of rotatable bonds is 3. The molecule has 1 N–H and O–H groups in total. The van der Waals surface area contributed by atoms with Gasteiger partial charge in [0.15, 0.2) is 0 Å². The molecule has 31 heavy (non-hydrogen) atoms. The molecule has 0 saturated heterocycles. The van der Waals surface area contributed by atoms with Crippen molar-refractivity contribution < 1.29 is 9.90 Å². The molecule has 2 nitrogen and oxygen atoms in total. The van der Waals surface area contributed by atoms with E-state index in [-0.39, 0.29) is 5.57 Å². The minimum Gasteiger partial charge on any atom is -0.478 e. The normalized spacial score (nSPS) is 13.4. The predicted octanol–water partition coefficient (Wildman–Crippen LogP) is 7.16. The lowest BCUT2D eigenvalue weighted by Gasteiger charge is -2.18. The first kappa shape index (κ1) is 20.4. The number of hydrogen-bond acceptors (Lipinski definition) is 1. The Balaban J connectivity index is 0.000000342. The molecule has 4 aromatic rings. The van der Waals surface area contributed by atoms with Crippen molar-refractivity contribution in [2.75, 3.05) is 0 Å². The van der Waals surface area contributed by atoms with Crippen LogP contribution < -0.4 is 0 Å². The fourth-order valence-corrected chi connectivity index (χ4v) is 4.12.